The molecule has 2 aromatic rings. The molecule has 0 heterocycles. The van der Waals surface area contributed by atoms with E-state index < -0.39 is 11.7 Å². The molecule has 0 aliphatic carbocycles. The minimum absolute atomic E-state index is 0.0185. The Kier molecular flexibility index (Phi) is 4.81. The smallest absolute Gasteiger partial charge is 0.416 e. The second-order valence-corrected chi connectivity index (χ2v) is 5.49. The van der Waals surface area contributed by atoms with Crippen molar-refractivity contribution in [2.24, 2.45) is 5.73 Å². The maximum Gasteiger partial charge on any atom is 0.416 e. The van der Waals surface area contributed by atoms with E-state index in [1.165, 1.54) is 12.1 Å². The second-order valence-electron chi connectivity index (χ2n) is 4.20. The molecule has 2 aromatic carbocycles. The van der Waals surface area contributed by atoms with E-state index in [2.05, 4.69) is 15.9 Å². The molecule has 7 heteroatoms. The summed E-state index contributed by atoms with van der Waals surface area (Å²) >= 11 is 9.04. The van der Waals surface area contributed by atoms with Crippen LogP contribution in [0.5, 0.6) is 11.5 Å². The van der Waals surface area contributed by atoms with Crippen molar-refractivity contribution in [2.45, 2.75) is 12.7 Å². The average molecular weight is 381 g/mol. The lowest BCUT2D eigenvalue weighted by molar-refractivity contribution is -0.138. The molecular weight excluding hydrogens is 371 g/mol. The van der Waals surface area contributed by atoms with E-state index in [4.69, 9.17) is 22.1 Å². The number of halogens is 5. The third-order valence-corrected chi connectivity index (χ3v) is 3.58. The molecule has 112 valence electrons. The SMILES string of the molecule is NCc1ccc(Oc2ccc(Cl)cc2Br)cc1C(F)(F)F. The number of alkyl halides is 3. The molecule has 0 atom stereocenters. The van der Waals surface area contributed by atoms with Crippen LogP contribution < -0.4 is 10.5 Å². The molecule has 0 aliphatic rings. The first-order chi connectivity index (χ1) is 9.81. The summed E-state index contributed by atoms with van der Waals surface area (Å²) in [4.78, 5) is 0. The summed E-state index contributed by atoms with van der Waals surface area (Å²) in [7, 11) is 0. The third-order valence-electron chi connectivity index (χ3n) is 2.73. The van der Waals surface area contributed by atoms with Gasteiger partial charge >= 0.3 is 6.18 Å². The summed E-state index contributed by atoms with van der Waals surface area (Å²) in [6.45, 7) is -0.195. The molecule has 0 spiro atoms. The molecule has 0 unspecified atom stereocenters. The first-order valence-electron chi connectivity index (χ1n) is 5.84. The largest absolute Gasteiger partial charge is 0.456 e. The van der Waals surface area contributed by atoms with Crippen LogP contribution in [0, 0.1) is 0 Å². The van der Waals surface area contributed by atoms with Gasteiger partial charge in [-0.3, -0.25) is 0 Å². The summed E-state index contributed by atoms with van der Waals surface area (Å²) in [5, 5.41) is 0.490. The highest BCUT2D eigenvalue weighted by molar-refractivity contribution is 9.10. The Labute approximate surface area is 132 Å². The van der Waals surface area contributed by atoms with Gasteiger partial charge < -0.3 is 10.5 Å². The standard InChI is InChI=1S/C14H10BrClF3NO/c15-12-5-9(16)2-4-13(12)21-10-3-1-8(7-20)11(6-10)14(17,18)19/h1-6H,7,20H2. The molecule has 0 fully saturated rings. The maximum absolute atomic E-state index is 12.9. The molecule has 0 radical (unpaired) electrons. The van der Waals surface area contributed by atoms with Crippen molar-refractivity contribution < 1.29 is 17.9 Å². The van der Waals surface area contributed by atoms with E-state index >= 15 is 0 Å². The van der Waals surface area contributed by atoms with Crippen LogP contribution >= 0.6 is 27.5 Å². The van der Waals surface area contributed by atoms with Gasteiger partial charge in [-0.15, -0.1) is 0 Å². The molecule has 0 aliphatic heterocycles. The third kappa shape index (κ3) is 3.90. The van der Waals surface area contributed by atoms with Gasteiger partial charge in [0, 0.05) is 11.6 Å². The second kappa shape index (κ2) is 6.25. The van der Waals surface area contributed by atoms with E-state index in [1.807, 2.05) is 0 Å². The highest BCUT2D eigenvalue weighted by Gasteiger charge is 2.33. The van der Waals surface area contributed by atoms with Crippen LogP contribution in [-0.2, 0) is 12.7 Å². The van der Waals surface area contributed by atoms with Crippen molar-refractivity contribution in [3.63, 3.8) is 0 Å². The van der Waals surface area contributed by atoms with Crippen molar-refractivity contribution >= 4 is 27.5 Å². The van der Waals surface area contributed by atoms with Crippen LogP contribution in [0.2, 0.25) is 5.02 Å². The number of hydrogen-bond donors (Lipinski definition) is 1. The minimum Gasteiger partial charge on any atom is -0.456 e. The zero-order valence-electron chi connectivity index (χ0n) is 10.5. The summed E-state index contributed by atoms with van der Waals surface area (Å²) in [5.74, 6) is 0.440. The van der Waals surface area contributed by atoms with Gasteiger partial charge in [0.1, 0.15) is 11.5 Å². The van der Waals surface area contributed by atoms with E-state index in [0.29, 0.717) is 15.2 Å². The van der Waals surface area contributed by atoms with Gasteiger partial charge in [0.25, 0.3) is 0 Å². The van der Waals surface area contributed by atoms with Gasteiger partial charge in [0.05, 0.1) is 10.0 Å². The Hall–Kier alpha value is -1.24. The predicted octanol–water partition coefficient (Wildman–Crippen LogP) is 5.37. The van der Waals surface area contributed by atoms with E-state index in [1.54, 1.807) is 18.2 Å². The molecular formula is C14H10BrClF3NO. The van der Waals surface area contributed by atoms with Crippen molar-refractivity contribution in [3.8, 4) is 11.5 Å². The summed E-state index contributed by atoms with van der Waals surface area (Å²) < 4.78 is 44.8. The Balaban J connectivity index is 2.37. The van der Waals surface area contributed by atoms with Gasteiger partial charge in [-0.25, -0.2) is 0 Å². The van der Waals surface area contributed by atoms with Gasteiger partial charge in [-0.1, -0.05) is 17.7 Å². The highest BCUT2D eigenvalue weighted by atomic mass is 79.9. The fourth-order valence-electron chi connectivity index (χ4n) is 1.75. The Morgan fingerprint density at radius 3 is 2.43 bits per heavy atom. The quantitative estimate of drug-likeness (QED) is 0.777. The molecule has 0 bridgehead atoms. The summed E-state index contributed by atoms with van der Waals surface area (Å²) in [6, 6.07) is 8.43. The summed E-state index contributed by atoms with van der Waals surface area (Å²) in [6.07, 6.45) is -4.48. The number of nitrogens with two attached hydrogens (primary N) is 1. The summed E-state index contributed by atoms with van der Waals surface area (Å²) in [5.41, 5.74) is 4.55. The Bertz CT molecular complexity index is 661. The monoisotopic (exact) mass is 379 g/mol. The van der Waals surface area contributed by atoms with Crippen molar-refractivity contribution in [1.29, 1.82) is 0 Å². The van der Waals surface area contributed by atoms with Crippen LogP contribution in [0.25, 0.3) is 0 Å². The van der Waals surface area contributed by atoms with Gasteiger partial charge in [0.15, 0.2) is 0 Å². The van der Waals surface area contributed by atoms with Crippen molar-refractivity contribution in [1.82, 2.24) is 0 Å². The van der Waals surface area contributed by atoms with Crippen LogP contribution in [0.1, 0.15) is 11.1 Å². The van der Waals surface area contributed by atoms with Crippen LogP contribution in [0.4, 0.5) is 13.2 Å². The first kappa shape index (κ1) is 16.1. The van der Waals surface area contributed by atoms with Gasteiger partial charge in [-0.2, -0.15) is 13.2 Å². The van der Waals surface area contributed by atoms with Gasteiger partial charge in [-0.05, 0) is 51.8 Å². The van der Waals surface area contributed by atoms with Crippen molar-refractivity contribution in [2.75, 3.05) is 0 Å². The molecule has 21 heavy (non-hydrogen) atoms. The van der Waals surface area contributed by atoms with Crippen LogP contribution in [0.3, 0.4) is 0 Å². The van der Waals surface area contributed by atoms with Crippen LogP contribution in [-0.4, -0.2) is 0 Å². The maximum atomic E-state index is 12.9. The lowest BCUT2D eigenvalue weighted by Gasteiger charge is -2.14. The molecule has 0 amide bonds. The van der Waals surface area contributed by atoms with E-state index in [-0.39, 0.29) is 17.9 Å². The lowest BCUT2D eigenvalue weighted by atomic mass is 10.1. The zero-order chi connectivity index (χ0) is 15.6. The predicted molar refractivity (Wildman–Crippen MR) is 78.6 cm³/mol. The molecule has 0 saturated carbocycles. The number of ether oxygens (including phenoxy) is 1. The Morgan fingerprint density at radius 2 is 1.86 bits per heavy atom. The molecule has 2 nitrogen and oxygen atoms in total. The van der Waals surface area contributed by atoms with Crippen molar-refractivity contribution in [3.05, 3.63) is 57.0 Å². The molecule has 2 N–H and O–H groups in total. The molecule has 0 saturated heterocycles. The number of hydrogen-bond acceptors (Lipinski definition) is 2. The van der Waals surface area contributed by atoms with E-state index in [0.717, 1.165) is 6.07 Å². The fraction of sp³-hybridized carbons (Fsp3) is 0.143. The number of rotatable bonds is 3. The fourth-order valence-corrected chi connectivity index (χ4v) is 2.51. The lowest BCUT2D eigenvalue weighted by Crippen LogP contribution is -2.12. The topological polar surface area (TPSA) is 35.2 Å². The zero-order valence-corrected chi connectivity index (χ0v) is 12.9. The average Bonchev–Trinajstić information content (AvgIpc) is 2.41. The normalized spacial score (nSPS) is 11.5. The molecule has 0 aromatic heterocycles. The Morgan fingerprint density at radius 1 is 1.14 bits per heavy atom. The van der Waals surface area contributed by atoms with Crippen LogP contribution in [0.15, 0.2) is 40.9 Å². The first-order valence-corrected chi connectivity index (χ1v) is 7.01. The highest BCUT2D eigenvalue weighted by Crippen LogP contribution is 2.37. The minimum atomic E-state index is -4.48. The van der Waals surface area contributed by atoms with Gasteiger partial charge in [0.2, 0.25) is 0 Å². The molecule has 2 rings (SSSR count). The van der Waals surface area contributed by atoms with E-state index in [9.17, 15) is 13.2 Å². The number of benzene rings is 2.